The second kappa shape index (κ2) is 9.41. The van der Waals surface area contributed by atoms with E-state index in [1.165, 1.54) is 10.4 Å². The average molecular weight is 406 g/mol. The number of hydrogen-bond acceptors (Lipinski definition) is 4. The lowest BCUT2D eigenvalue weighted by Gasteiger charge is -2.27. The minimum atomic E-state index is 0.0298. The largest absolute Gasteiger partial charge is 0.356 e. The lowest BCUT2D eigenvalue weighted by atomic mass is 10.1. The fourth-order valence-electron chi connectivity index (χ4n) is 3.74. The van der Waals surface area contributed by atoms with Gasteiger partial charge >= 0.3 is 0 Å². The van der Waals surface area contributed by atoms with Gasteiger partial charge in [0.1, 0.15) is 0 Å². The predicted octanol–water partition coefficient (Wildman–Crippen LogP) is 1.44. The molecule has 1 saturated heterocycles. The van der Waals surface area contributed by atoms with Crippen LogP contribution >= 0.6 is 11.3 Å². The predicted molar refractivity (Wildman–Crippen MR) is 112 cm³/mol. The summed E-state index contributed by atoms with van der Waals surface area (Å²) in [6.45, 7) is 7.43. The van der Waals surface area contributed by atoms with E-state index in [0.29, 0.717) is 25.5 Å². The van der Waals surface area contributed by atoms with Gasteiger partial charge in [0.15, 0.2) is 5.96 Å². The lowest BCUT2D eigenvalue weighted by molar-refractivity contribution is -0.133. The Bertz CT molecular complexity index is 730. The van der Waals surface area contributed by atoms with Crippen molar-refractivity contribution in [2.75, 3.05) is 33.2 Å². The Kier molecular flexibility index (Phi) is 6.93. The van der Waals surface area contributed by atoms with Crippen LogP contribution < -0.4 is 10.6 Å². The first-order chi connectivity index (χ1) is 13.5. The normalized spacial score (nSPS) is 19.7. The van der Waals surface area contributed by atoms with Gasteiger partial charge in [0, 0.05) is 63.0 Å². The first kappa shape index (κ1) is 20.6. The van der Waals surface area contributed by atoms with Crippen molar-refractivity contribution in [2.24, 2.45) is 10.9 Å². The lowest BCUT2D eigenvalue weighted by Crippen LogP contribution is -2.46. The fourth-order valence-corrected chi connectivity index (χ4v) is 4.63. The van der Waals surface area contributed by atoms with Crippen LogP contribution in [0, 0.1) is 5.92 Å². The van der Waals surface area contributed by atoms with Crippen molar-refractivity contribution in [1.82, 2.24) is 20.4 Å². The minimum absolute atomic E-state index is 0.0298. The number of carbonyl (C=O) groups is 2. The summed E-state index contributed by atoms with van der Waals surface area (Å²) in [5, 5.41) is 8.72. The summed E-state index contributed by atoms with van der Waals surface area (Å²) < 4.78 is 0. The Morgan fingerprint density at radius 1 is 1.32 bits per heavy atom. The van der Waals surface area contributed by atoms with E-state index in [0.717, 1.165) is 32.5 Å². The van der Waals surface area contributed by atoms with Crippen molar-refractivity contribution in [2.45, 2.75) is 45.7 Å². The SMILES string of the molecule is CN=C(NCCC(=O)N1CCc2sccc2C1)NC1CCN(C(=O)C(C)C)C1. The highest BCUT2D eigenvalue weighted by molar-refractivity contribution is 7.10. The topological polar surface area (TPSA) is 77.0 Å². The molecule has 1 unspecified atom stereocenters. The molecule has 0 radical (unpaired) electrons. The third-order valence-electron chi connectivity index (χ3n) is 5.35. The molecule has 2 amide bonds. The summed E-state index contributed by atoms with van der Waals surface area (Å²) in [6.07, 6.45) is 2.32. The van der Waals surface area contributed by atoms with E-state index in [4.69, 9.17) is 0 Å². The van der Waals surface area contributed by atoms with Gasteiger partial charge in [-0.1, -0.05) is 13.8 Å². The Morgan fingerprint density at radius 3 is 2.89 bits per heavy atom. The minimum Gasteiger partial charge on any atom is -0.356 e. The first-order valence-corrected chi connectivity index (χ1v) is 10.9. The molecular formula is C20H31N5O2S. The molecule has 0 bridgehead atoms. The highest BCUT2D eigenvalue weighted by Crippen LogP contribution is 2.24. The summed E-state index contributed by atoms with van der Waals surface area (Å²) in [7, 11) is 1.73. The Hall–Kier alpha value is -2.09. The van der Waals surface area contributed by atoms with E-state index >= 15 is 0 Å². The van der Waals surface area contributed by atoms with Gasteiger partial charge in [0.2, 0.25) is 11.8 Å². The smallest absolute Gasteiger partial charge is 0.225 e. The Labute approximate surface area is 171 Å². The van der Waals surface area contributed by atoms with Gasteiger partial charge in [-0.25, -0.2) is 0 Å². The van der Waals surface area contributed by atoms with Crippen molar-refractivity contribution < 1.29 is 9.59 Å². The monoisotopic (exact) mass is 405 g/mol. The summed E-state index contributed by atoms with van der Waals surface area (Å²) in [6, 6.07) is 2.32. The zero-order valence-electron chi connectivity index (χ0n) is 17.0. The highest BCUT2D eigenvalue weighted by Gasteiger charge is 2.28. The maximum Gasteiger partial charge on any atom is 0.225 e. The van der Waals surface area contributed by atoms with Crippen LogP contribution in [-0.2, 0) is 22.6 Å². The molecule has 0 spiro atoms. The number of hydrogen-bond donors (Lipinski definition) is 2. The summed E-state index contributed by atoms with van der Waals surface area (Å²) >= 11 is 1.78. The van der Waals surface area contributed by atoms with Crippen molar-refractivity contribution in [1.29, 1.82) is 0 Å². The van der Waals surface area contributed by atoms with Gasteiger partial charge in [0.05, 0.1) is 0 Å². The van der Waals surface area contributed by atoms with Crippen molar-refractivity contribution in [3.63, 3.8) is 0 Å². The third-order valence-corrected chi connectivity index (χ3v) is 6.37. The molecule has 2 N–H and O–H groups in total. The van der Waals surface area contributed by atoms with Crippen molar-refractivity contribution in [3.8, 4) is 0 Å². The van der Waals surface area contributed by atoms with Crippen LogP contribution in [0.1, 0.15) is 37.1 Å². The number of amides is 2. The average Bonchev–Trinajstić information content (AvgIpc) is 3.34. The van der Waals surface area contributed by atoms with Gasteiger partial charge in [-0.05, 0) is 29.9 Å². The molecule has 3 rings (SSSR count). The molecule has 3 heterocycles. The third kappa shape index (κ3) is 5.04. The second-order valence-electron chi connectivity index (χ2n) is 7.75. The fraction of sp³-hybridized carbons (Fsp3) is 0.650. The van der Waals surface area contributed by atoms with E-state index < -0.39 is 0 Å². The number of thiophene rings is 1. The van der Waals surface area contributed by atoms with E-state index in [2.05, 4.69) is 27.1 Å². The van der Waals surface area contributed by atoms with Gasteiger partial charge in [-0.2, -0.15) is 0 Å². The molecule has 0 aliphatic carbocycles. The number of carbonyl (C=O) groups excluding carboxylic acids is 2. The van der Waals surface area contributed by atoms with Crippen LogP contribution in [0.3, 0.4) is 0 Å². The van der Waals surface area contributed by atoms with Crippen LogP contribution in [0.15, 0.2) is 16.4 Å². The molecule has 0 aromatic carbocycles. The van der Waals surface area contributed by atoms with E-state index in [-0.39, 0.29) is 23.8 Å². The number of guanidine groups is 1. The molecule has 8 heteroatoms. The standard InChI is InChI=1S/C20H31N5O2S/c1-14(2)19(27)25-9-5-16(13-25)23-20(21-3)22-8-4-18(26)24-10-6-17-15(12-24)7-11-28-17/h7,11,14,16H,4-6,8-10,12-13H2,1-3H3,(H2,21,22,23). The molecular weight excluding hydrogens is 374 g/mol. The molecule has 2 aliphatic rings. The van der Waals surface area contributed by atoms with Crippen LogP contribution in [0.25, 0.3) is 0 Å². The van der Waals surface area contributed by atoms with Gasteiger partial charge < -0.3 is 20.4 Å². The molecule has 2 aliphatic heterocycles. The molecule has 1 fully saturated rings. The zero-order valence-corrected chi connectivity index (χ0v) is 17.8. The summed E-state index contributed by atoms with van der Waals surface area (Å²) in [4.78, 5) is 34.1. The molecule has 1 aromatic heterocycles. The molecule has 28 heavy (non-hydrogen) atoms. The highest BCUT2D eigenvalue weighted by atomic mass is 32.1. The van der Waals surface area contributed by atoms with E-state index in [1.807, 2.05) is 23.6 Å². The van der Waals surface area contributed by atoms with Crippen molar-refractivity contribution in [3.05, 3.63) is 21.9 Å². The summed E-state index contributed by atoms with van der Waals surface area (Å²) in [5.74, 6) is 1.10. The van der Waals surface area contributed by atoms with Crippen molar-refractivity contribution >= 4 is 29.1 Å². The maximum absolute atomic E-state index is 12.5. The van der Waals surface area contributed by atoms with Crippen LogP contribution in [0.2, 0.25) is 0 Å². The summed E-state index contributed by atoms with van der Waals surface area (Å²) in [5.41, 5.74) is 1.29. The van der Waals surface area contributed by atoms with Gasteiger partial charge in [-0.3, -0.25) is 14.6 Å². The van der Waals surface area contributed by atoms with Crippen LogP contribution in [-0.4, -0.2) is 66.8 Å². The Balaban J connectivity index is 1.39. The quantitative estimate of drug-likeness (QED) is 0.574. The van der Waals surface area contributed by atoms with Gasteiger partial charge in [-0.15, -0.1) is 11.3 Å². The number of rotatable bonds is 5. The number of likely N-dealkylation sites (tertiary alicyclic amines) is 1. The van der Waals surface area contributed by atoms with Crippen LogP contribution in [0.5, 0.6) is 0 Å². The number of fused-ring (bicyclic) bond motifs is 1. The first-order valence-electron chi connectivity index (χ1n) is 10.1. The number of nitrogens with one attached hydrogen (secondary N) is 2. The zero-order chi connectivity index (χ0) is 20.1. The molecule has 154 valence electrons. The number of nitrogens with zero attached hydrogens (tertiary/aromatic N) is 3. The molecule has 7 nitrogen and oxygen atoms in total. The second-order valence-corrected chi connectivity index (χ2v) is 8.75. The van der Waals surface area contributed by atoms with E-state index in [9.17, 15) is 9.59 Å². The molecule has 1 atom stereocenters. The maximum atomic E-state index is 12.5. The molecule has 1 aromatic rings. The van der Waals surface area contributed by atoms with E-state index in [1.54, 1.807) is 18.4 Å². The Morgan fingerprint density at radius 2 is 2.14 bits per heavy atom. The van der Waals surface area contributed by atoms with Gasteiger partial charge in [0.25, 0.3) is 0 Å². The van der Waals surface area contributed by atoms with Crippen LogP contribution in [0.4, 0.5) is 0 Å². The number of aliphatic imine (C=N–C) groups is 1. The molecule has 0 saturated carbocycles.